The fourth-order valence-corrected chi connectivity index (χ4v) is 2.89. The van der Waals surface area contributed by atoms with Crippen molar-refractivity contribution in [2.24, 2.45) is 13.0 Å². The molecule has 1 aromatic heterocycles. The summed E-state index contributed by atoms with van der Waals surface area (Å²) in [5.74, 6) is 1.80. The monoisotopic (exact) mass is 234 g/mol. The van der Waals surface area contributed by atoms with Crippen LogP contribution in [0.3, 0.4) is 0 Å². The van der Waals surface area contributed by atoms with Crippen LogP contribution in [0.15, 0.2) is 0 Å². The molecule has 1 aromatic rings. The number of aromatic nitrogens is 2. The SMILES string of the molecule is Cc1nc(C=O)c(CCC2CCCCC2)n1C. The van der Waals surface area contributed by atoms with E-state index in [0.29, 0.717) is 5.69 Å². The lowest BCUT2D eigenvalue weighted by molar-refractivity contribution is 0.111. The lowest BCUT2D eigenvalue weighted by Crippen LogP contribution is -2.09. The molecule has 0 amide bonds. The van der Waals surface area contributed by atoms with Crippen LogP contribution in [0.4, 0.5) is 0 Å². The molecule has 0 aromatic carbocycles. The van der Waals surface area contributed by atoms with Crippen molar-refractivity contribution in [3.05, 3.63) is 17.2 Å². The minimum atomic E-state index is 0.640. The van der Waals surface area contributed by atoms with Crippen LogP contribution in [0, 0.1) is 12.8 Å². The van der Waals surface area contributed by atoms with E-state index in [4.69, 9.17) is 0 Å². The summed E-state index contributed by atoms with van der Waals surface area (Å²) >= 11 is 0. The average Bonchev–Trinajstić information content (AvgIpc) is 2.64. The maximum atomic E-state index is 11.0. The number of aryl methyl sites for hydroxylation is 1. The van der Waals surface area contributed by atoms with Gasteiger partial charge in [-0.2, -0.15) is 0 Å². The van der Waals surface area contributed by atoms with Gasteiger partial charge in [0.1, 0.15) is 11.5 Å². The zero-order valence-corrected chi connectivity index (χ0v) is 10.9. The van der Waals surface area contributed by atoms with Gasteiger partial charge in [-0.15, -0.1) is 0 Å². The molecule has 94 valence electrons. The highest BCUT2D eigenvalue weighted by atomic mass is 16.1. The maximum Gasteiger partial charge on any atom is 0.170 e. The highest BCUT2D eigenvalue weighted by Crippen LogP contribution is 2.27. The van der Waals surface area contributed by atoms with Crippen LogP contribution >= 0.6 is 0 Å². The number of imidazole rings is 1. The van der Waals surface area contributed by atoms with E-state index >= 15 is 0 Å². The van der Waals surface area contributed by atoms with E-state index < -0.39 is 0 Å². The highest BCUT2D eigenvalue weighted by molar-refractivity contribution is 5.73. The van der Waals surface area contributed by atoms with Gasteiger partial charge in [-0.25, -0.2) is 4.98 Å². The molecule has 1 aliphatic rings. The first-order valence-corrected chi connectivity index (χ1v) is 6.69. The second kappa shape index (κ2) is 5.48. The van der Waals surface area contributed by atoms with Crippen molar-refractivity contribution in [3.8, 4) is 0 Å². The predicted octanol–water partition coefficient (Wildman–Crippen LogP) is 3.05. The summed E-state index contributed by atoms with van der Waals surface area (Å²) in [7, 11) is 2.01. The van der Waals surface area contributed by atoms with Gasteiger partial charge >= 0.3 is 0 Å². The Balaban J connectivity index is 2.00. The summed E-state index contributed by atoms with van der Waals surface area (Å²) in [6.45, 7) is 1.96. The van der Waals surface area contributed by atoms with Gasteiger partial charge in [0.25, 0.3) is 0 Å². The van der Waals surface area contributed by atoms with Crippen LogP contribution in [0.5, 0.6) is 0 Å². The lowest BCUT2D eigenvalue weighted by atomic mass is 9.85. The standard InChI is InChI=1S/C14H22N2O/c1-11-15-13(10-17)14(16(11)2)9-8-12-6-4-3-5-7-12/h10,12H,3-9H2,1-2H3. The summed E-state index contributed by atoms with van der Waals surface area (Å²) in [5.41, 5.74) is 1.75. The van der Waals surface area contributed by atoms with E-state index in [1.807, 2.05) is 14.0 Å². The number of hydrogen-bond donors (Lipinski definition) is 0. The zero-order chi connectivity index (χ0) is 12.3. The molecule has 0 atom stereocenters. The fourth-order valence-electron chi connectivity index (χ4n) is 2.89. The molecule has 1 fully saturated rings. The predicted molar refractivity (Wildman–Crippen MR) is 68.2 cm³/mol. The van der Waals surface area contributed by atoms with Crippen LogP contribution in [-0.4, -0.2) is 15.8 Å². The summed E-state index contributed by atoms with van der Waals surface area (Å²) in [4.78, 5) is 15.3. The van der Waals surface area contributed by atoms with Crippen molar-refractivity contribution in [3.63, 3.8) is 0 Å². The Morgan fingerprint density at radius 2 is 2.06 bits per heavy atom. The summed E-state index contributed by atoms with van der Waals surface area (Å²) < 4.78 is 2.06. The third-order valence-electron chi connectivity index (χ3n) is 4.09. The molecule has 0 saturated heterocycles. The molecule has 2 rings (SSSR count). The molecule has 1 heterocycles. The first kappa shape index (κ1) is 12.3. The van der Waals surface area contributed by atoms with Gasteiger partial charge in [-0.1, -0.05) is 32.1 Å². The van der Waals surface area contributed by atoms with Crippen LogP contribution < -0.4 is 0 Å². The fraction of sp³-hybridized carbons (Fsp3) is 0.714. The third-order valence-corrected chi connectivity index (χ3v) is 4.09. The van der Waals surface area contributed by atoms with Gasteiger partial charge < -0.3 is 4.57 Å². The Kier molecular flexibility index (Phi) is 3.97. The smallest absolute Gasteiger partial charge is 0.170 e. The second-order valence-electron chi connectivity index (χ2n) is 5.21. The van der Waals surface area contributed by atoms with Crippen molar-refractivity contribution in [1.82, 2.24) is 9.55 Å². The minimum absolute atomic E-state index is 0.640. The molecular weight excluding hydrogens is 212 g/mol. The van der Waals surface area contributed by atoms with E-state index in [2.05, 4.69) is 9.55 Å². The molecule has 17 heavy (non-hydrogen) atoms. The molecule has 0 spiro atoms. The Hall–Kier alpha value is -1.12. The van der Waals surface area contributed by atoms with Crippen LogP contribution in [0.25, 0.3) is 0 Å². The second-order valence-corrected chi connectivity index (χ2v) is 5.21. The third kappa shape index (κ3) is 2.76. The molecule has 3 nitrogen and oxygen atoms in total. The van der Waals surface area contributed by atoms with E-state index in [9.17, 15) is 4.79 Å². The van der Waals surface area contributed by atoms with Gasteiger partial charge in [0.15, 0.2) is 6.29 Å². The Labute approximate surface area is 103 Å². The number of aldehydes is 1. The summed E-state index contributed by atoms with van der Waals surface area (Å²) in [5, 5.41) is 0. The molecule has 0 bridgehead atoms. The Morgan fingerprint density at radius 3 is 2.71 bits per heavy atom. The summed E-state index contributed by atoms with van der Waals surface area (Å²) in [6, 6.07) is 0. The molecule has 3 heteroatoms. The highest BCUT2D eigenvalue weighted by Gasteiger charge is 2.16. The minimum Gasteiger partial charge on any atom is -0.335 e. The van der Waals surface area contributed by atoms with Crippen molar-refractivity contribution >= 4 is 6.29 Å². The normalized spacial score (nSPS) is 17.3. The van der Waals surface area contributed by atoms with E-state index in [-0.39, 0.29) is 0 Å². The van der Waals surface area contributed by atoms with Gasteiger partial charge in [0.2, 0.25) is 0 Å². The van der Waals surface area contributed by atoms with Gasteiger partial charge in [-0.3, -0.25) is 4.79 Å². The quantitative estimate of drug-likeness (QED) is 0.750. The largest absolute Gasteiger partial charge is 0.335 e. The summed E-state index contributed by atoms with van der Waals surface area (Å²) in [6.07, 6.45) is 10.0. The molecule has 0 N–H and O–H groups in total. The number of rotatable bonds is 4. The van der Waals surface area contributed by atoms with Crippen molar-refractivity contribution in [2.75, 3.05) is 0 Å². The number of carbonyl (C=O) groups excluding carboxylic acids is 1. The van der Waals surface area contributed by atoms with E-state index in [0.717, 1.165) is 30.1 Å². The first-order valence-electron chi connectivity index (χ1n) is 6.69. The molecule has 0 aliphatic heterocycles. The van der Waals surface area contributed by atoms with Crippen LogP contribution in [0.2, 0.25) is 0 Å². The van der Waals surface area contributed by atoms with Crippen LogP contribution in [-0.2, 0) is 13.5 Å². The van der Waals surface area contributed by atoms with Gasteiger partial charge in [0.05, 0.1) is 0 Å². The Morgan fingerprint density at radius 1 is 1.35 bits per heavy atom. The molecule has 1 saturated carbocycles. The number of carbonyl (C=O) groups is 1. The molecule has 0 unspecified atom stereocenters. The first-order chi connectivity index (χ1) is 8.22. The molecular formula is C14H22N2O. The van der Waals surface area contributed by atoms with E-state index in [1.165, 1.54) is 38.5 Å². The number of hydrogen-bond acceptors (Lipinski definition) is 2. The maximum absolute atomic E-state index is 11.0. The molecule has 0 radical (unpaired) electrons. The Bertz CT molecular complexity index is 389. The van der Waals surface area contributed by atoms with Gasteiger partial charge in [-0.05, 0) is 25.7 Å². The zero-order valence-electron chi connectivity index (χ0n) is 10.9. The average molecular weight is 234 g/mol. The van der Waals surface area contributed by atoms with E-state index in [1.54, 1.807) is 0 Å². The lowest BCUT2D eigenvalue weighted by Gasteiger charge is -2.21. The topological polar surface area (TPSA) is 34.9 Å². The van der Waals surface area contributed by atoms with Crippen molar-refractivity contribution < 1.29 is 4.79 Å². The van der Waals surface area contributed by atoms with Gasteiger partial charge in [0, 0.05) is 12.7 Å². The number of nitrogens with zero attached hydrogens (tertiary/aromatic N) is 2. The van der Waals surface area contributed by atoms with Crippen LogP contribution in [0.1, 0.15) is 60.5 Å². The molecule has 1 aliphatic carbocycles. The van der Waals surface area contributed by atoms with Crippen molar-refractivity contribution in [1.29, 1.82) is 0 Å². The van der Waals surface area contributed by atoms with Crippen molar-refractivity contribution in [2.45, 2.75) is 51.9 Å².